The minimum atomic E-state index is -2.87. The summed E-state index contributed by atoms with van der Waals surface area (Å²) in [4.78, 5) is 18.3. The minimum absolute atomic E-state index is 0. The quantitative estimate of drug-likeness (QED) is 0.330. The number of guanidine groups is 1. The van der Waals surface area contributed by atoms with E-state index in [2.05, 4.69) is 10.6 Å². The Bertz CT molecular complexity index is 714. The van der Waals surface area contributed by atoms with Gasteiger partial charge in [0.1, 0.15) is 0 Å². The van der Waals surface area contributed by atoms with Gasteiger partial charge in [0.05, 0.1) is 11.5 Å². The van der Waals surface area contributed by atoms with Gasteiger partial charge in [-0.2, -0.15) is 0 Å². The molecule has 0 spiro atoms. The van der Waals surface area contributed by atoms with Crippen LogP contribution < -0.4 is 10.6 Å². The second-order valence-electron chi connectivity index (χ2n) is 9.04. The molecule has 2 saturated carbocycles. The number of fused-ring (bicyclic) bond motifs is 2. The third-order valence-electron chi connectivity index (χ3n) is 6.86. The predicted molar refractivity (Wildman–Crippen MR) is 121 cm³/mol. The van der Waals surface area contributed by atoms with Crippen molar-refractivity contribution in [2.45, 2.75) is 57.0 Å². The molecule has 4 fully saturated rings. The van der Waals surface area contributed by atoms with E-state index in [-0.39, 0.29) is 47.6 Å². The van der Waals surface area contributed by atoms with Crippen LogP contribution in [0.5, 0.6) is 0 Å². The Morgan fingerprint density at radius 2 is 2.00 bits per heavy atom. The van der Waals surface area contributed by atoms with Crippen LogP contribution in [-0.4, -0.2) is 68.9 Å². The molecule has 5 unspecified atom stereocenters. The summed E-state index contributed by atoms with van der Waals surface area (Å²) >= 11 is 0. The summed E-state index contributed by atoms with van der Waals surface area (Å²) in [7, 11) is -1.02. The highest BCUT2D eigenvalue weighted by atomic mass is 127. The molecule has 0 radical (unpaired) electrons. The Balaban J connectivity index is 0.00000225. The van der Waals surface area contributed by atoms with E-state index in [9.17, 15) is 13.2 Å². The van der Waals surface area contributed by atoms with Crippen molar-refractivity contribution in [2.24, 2.45) is 22.7 Å². The molecule has 160 valence electrons. The van der Waals surface area contributed by atoms with Crippen molar-refractivity contribution in [3.05, 3.63) is 0 Å². The monoisotopic (exact) mass is 524 g/mol. The average Bonchev–Trinajstić information content (AvgIpc) is 3.31. The van der Waals surface area contributed by atoms with Crippen molar-refractivity contribution in [1.29, 1.82) is 0 Å². The zero-order valence-corrected chi connectivity index (χ0v) is 19.7. The summed E-state index contributed by atoms with van der Waals surface area (Å²) in [5, 5.41) is 7.18. The average molecular weight is 524 g/mol. The topological polar surface area (TPSA) is 90.9 Å². The van der Waals surface area contributed by atoms with Gasteiger partial charge in [0.15, 0.2) is 15.8 Å². The van der Waals surface area contributed by atoms with Gasteiger partial charge < -0.3 is 15.5 Å². The van der Waals surface area contributed by atoms with Crippen molar-refractivity contribution >= 4 is 45.7 Å². The van der Waals surface area contributed by atoms with Gasteiger partial charge in [0.25, 0.3) is 0 Å². The maximum atomic E-state index is 11.7. The molecule has 5 atom stereocenters. The highest BCUT2D eigenvalue weighted by Gasteiger charge is 2.40. The number of piperidine rings is 1. The van der Waals surface area contributed by atoms with Gasteiger partial charge in [-0.15, -0.1) is 24.0 Å². The highest BCUT2D eigenvalue weighted by molar-refractivity contribution is 14.0. The second kappa shape index (κ2) is 9.06. The molecular weight excluding hydrogens is 491 g/mol. The standard InChI is InChI=1S/C19H32N4O3S.HI/c1-23-11-16(4-5-18(23)24)21-19(20-10-14-6-7-27(25,26)12-14)22-17-9-13-2-3-15(17)8-13;/h13-17H,2-12H2,1H3,(H2,20,21,22);1H. The Hall–Kier alpha value is -0.580. The SMILES string of the molecule is CN1CC(NC(=NCC2CCS(=O)(=O)C2)NC2CC3CCC2C3)CCC1=O.I. The van der Waals surface area contributed by atoms with Gasteiger partial charge in [-0.25, -0.2) is 8.42 Å². The first-order chi connectivity index (χ1) is 12.9. The molecule has 7 nitrogen and oxygen atoms in total. The van der Waals surface area contributed by atoms with Gasteiger partial charge >= 0.3 is 0 Å². The lowest BCUT2D eigenvalue weighted by Gasteiger charge is -2.33. The predicted octanol–water partition coefficient (Wildman–Crippen LogP) is 1.38. The Kier molecular flexibility index (Phi) is 7.15. The van der Waals surface area contributed by atoms with Crippen LogP contribution in [0.1, 0.15) is 44.9 Å². The van der Waals surface area contributed by atoms with Crippen LogP contribution in [0.3, 0.4) is 0 Å². The van der Waals surface area contributed by atoms with E-state index in [1.165, 1.54) is 25.7 Å². The summed E-state index contributed by atoms with van der Waals surface area (Å²) in [6, 6.07) is 0.676. The van der Waals surface area contributed by atoms with E-state index >= 15 is 0 Å². The van der Waals surface area contributed by atoms with E-state index in [0.29, 0.717) is 37.7 Å². The number of aliphatic imine (C=N–C) groups is 1. The summed E-state index contributed by atoms with van der Waals surface area (Å²) in [5.74, 6) is 3.29. The number of hydrogen-bond acceptors (Lipinski definition) is 4. The van der Waals surface area contributed by atoms with Crippen molar-refractivity contribution in [1.82, 2.24) is 15.5 Å². The van der Waals surface area contributed by atoms with Crippen molar-refractivity contribution < 1.29 is 13.2 Å². The molecule has 2 saturated heterocycles. The number of nitrogens with one attached hydrogen (secondary N) is 2. The molecule has 0 aromatic heterocycles. The first-order valence-corrected chi connectivity index (χ1v) is 12.2. The molecule has 2 heterocycles. The number of sulfone groups is 1. The van der Waals surface area contributed by atoms with E-state index in [1.807, 2.05) is 7.05 Å². The van der Waals surface area contributed by atoms with Crippen molar-refractivity contribution in [3.63, 3.8) is 0 Å². The zero-order chi connectivity index (χ0) is 19.0. The van der Waals surface area contributed by atoms with Crippen LogP contribution in [0.2, 0.25) is 0 Å². The smallest absolute Gasteiger partial charge is 0.222 e. The number of likely N-dealkylation sites (N-methyl/N-ethyl adjacent to an activating group) is 1. The van der Waals surface area contributed by atoms with Crippen LogP contribution in [0.15, 0.2) is 4.99 Å². The highest BCUT2D eigenvalue weighted by Crippen LogP contribution is 2.44. The lowest BCUT2D eigenvalue weighted by molar-refractivity contribution is -0.132. The van der Waals surface area contributed by atoms with Crippen LogP contribution in [-0.2, 0) is 14.6 Å². The van der Waals surface area contributed by atoms with Gasteiger partial charge in [0.2, 0.25) is 5.91 Å². The van der Waals surface area contributed by atoms with Crippen LogP contribution in [0, 0.1) is 17.8 Å². The van der Waals surface area contributed by atoms with Crippen LogP contribution in [0.4, 0.5) is 0 Å². The van der Waals surface area contributed by atoms with Crippen LogP contribution in [0.25, 0.3) is 0 Å². The molecule has 4 rings (SSSR count). The number of carbonyl (C=O) groups excluding carboxylic acids is 1. The lowest BCUT2D eigenvalue weighted by atomic mass is 9.95. The van der Waals surface area contributed by atoms with Gasteiger partial charge in [-0.1, -0.05) is 6.42 Å². The fourth-order valence-electron chi connectivity index (χ4n) is 5.29. The Morgan fingerprint density at radius 3 is 2.61 bits per heavy atom. The fraction of sp³-hybridized carbons (Fsp3) is 0.895. The molecule has 4 aliphatic rings. The molecule has 9 heteroatoms. The van der Waals surface area contributed by atoms with Crippen molar-refractivity contribution in [2.75, 3.05) is 31.6 Å². The first-order valence-electron chi connectivity index (χ1n) is 10.4. The normalized spacial score (nSPS) is 37.0. The summed E-state index contributed by atoms with van der Waals surface area (Å²) in [6.45, 7) is 1.24. The zero-order valence-electron chi connectivity index (χ0n) is 16.6. The molecule has 2 aliphatic carbocycles. The first kappa shape index (κ1) is 22.1. The number of likely N-dealkylation sites (tertiary alicyclic amines) is 1. The van der Waals surface area contributed by atoms with Crippen LogP contribution >= 0.6 is 24.0 Å². The molecule has 2 bridgehead atoms. The van der Waals surface area contributed by atoms with E-state index in [1.54, 1.807) is 4.90 Å². The van der Waals surface area contributed by atoms with Crippen molar-refractivity contribution in [3.8, 4) is 0 Å². The molecule has 2 N–H and O–H groups in total. The second-order valence-corrected chi connectivity index (χ2v) is 11.3. The lowest BCUT2D eigenvalue weighted by Crippen LogP contribution is -2.54. The Morgan fingerprint density at radius 1 is 1.18 bits per heavy atom. The largest absolute Gasteiger partial charge is 0.353 e. The molecular formula is C19H33IN4O3S. The third kappa shape index (κ3) is 5.31. The van der Waals surface area contributed by atoms with E-state index < -0.39 is 9.84 Å². The van der Waals surface area contributed by atoms with Gasteiger partial charge in [-0.3, -0.25) is 9.79 Å². The number of hydrogen-bond donors (Lipinski definition) is 2. The van der Waals surface area contributed by atoms with E-state index in [0.717, 1.165) is 24.2 Å². The molecule has 1 amide bonds. The minimum Gasteiger partial charge on any atom is -0.353 e. The Labute approximate surface area is 185 Å². The van der Waals surface area contributed by atoms with Gasteiger partial charge in [-0.05, 0) is 49.9 Å². The summed E-state index contributed by atoms with van der Waals surface area (Å²) < 4.78 is 23.4. The summed E-state index contributed by atoms with van der Waals surface area (Å²) in [5.41, 5.74) is 0. The molecule has 0 aromatic carbocycles. The molecule has 2 aliphatic heterocycles. The number of rotatable bonds is 4. The number of nitrogens with zero attached hydrogens (tertiary/aromatic N) is 2. The molecule has 0 aromatic rings. The number of halogens is 1. The fourth-order valence-corrected chi connectivity index (χ4v) is 7.14. The maximum Gasteiger partial charge on any atom is 0.222 e. The summed E-state index contributed by atoms with van der Waals surface area (Å²) in [6.07, 6.45) is 7.30. The molecule has 28 heavy (non-hydrogen) atoms. The maximum absolute atomic E-state index is 11.7. The number of amides is 1. The van der Waals surface area contributed by atoms with E-state index in [4.69, 9.17) is 4.99 Å². The third-order valence-corrected chi connectivity index (χ3v) is 8.70. The number of carbonyl (C=O) groups is 1. The van der Waals surface area contributed by atoms with Gasteiger partial charge in [0, 0.05) is 38.6 Å².